The van der Waals surface area contributed by atoms with E-state index in [4.69, 9.17) is 22.6 Å². The van der Waals surface area contributed by atoms with Crippen molar-refractivity contribution in [3.8, 4) is 6.07 Å². The molecular weight excluding hydrogens is 286 g/mol. The van der Waals surface area contributed by atoms with Crippen LogP contribution in [0.2, 0.25) is 5.02 Å². The van der Waals surface area contributed by atoms with Crippen LogP contribution in [0.4, 0.5) is 5.69 Å². The summed E-state index contributed by atoms with van der Waals surface area (Å²) < 4.78 is 26.4. The topological polar surface area (TPSA) is 87.2 Å². The number of halogens is 1. The van der Waals surface area contributed by atoms with Crippen LogP contribution in [0.25, 0.3) is 0 Å². The Balaban J connectivity index is 2.33. The molecule has 7 heteroatoms. The molecule has 1 aliphatic rings. The van der Waals surface area contributed by atoms with Crippen molar-refractivity contribution in [2.75, 3.05) is 12.3 Å². The minimum atomic E-state index is -3.61. The molecule has 102 valence electrons. The molecule has 0 aromatic heterocycles. The van der Waals surface area contributed by atoms with Crippen LogP contribution in [0.5, 0.6) is 0 Å². The van der Waals surface area contributed by atoms with Gasteiger partial charge in [0.15, 0.2) is 0 Å². The first-order chi connectivity index (χ1) is 8.96. The van der Waals surface area contributed by atoms with Crippen LogP contribution in [0, 0.1) is 11.3 Å². The number of nitrogens with zero attached hydrogens (tertiary/aromatic N) is 2. The SMILES string of the molecule is N#CCCN(C1CC1)S(=O)(=O)c1ccc(Cl)c(N)c1. The highest BCUT2D eigenvalue weighted by Crippen LogP contribution is 2.33. The summed E-state index contributed by atoms with van der Waals surface area (Å²) in [7, 11) is -3.61. The van der Waals surface area contributed by atoms with Gasteiger partial charge in [-0.25, -0.2) is 8.42 Å². The highest BCUT2D eigenvalue weighted by Gasteiger charge is 2.37. The standard InChI is InChI=1S/C12H14ClN3O2S/c13-11-5-4-10(8-12(11)15)19(17,18)16(7-1-6-14)9-2-3-9/h4-5,8-9H,1-3,7,15H2. The molecule has 0 bridgehead atoms. The van der Waals surface area contributed by atoms with Crippen molar-refractivity contribution in [1.29, 1.82) is 5.26 Å². The number of sulfonamides is 1. The molecule has 0 saturated heterocycles. The third-order valence-electron chi connectivity index (χ3n) is 2.97. The fourth-order valence-corrected chi connectivity index (χ4v) is 3.68. The molecule has 0 aliphatic heterocycles. The number of hydrogen-bond acceptors (Lipinski definition) is 4. The maximum Gasteiger partial charge on any atom is 0.243 e. The van der Waals surface area contributed by atoms with E-state index < -0.39 is 10.0 Å². The Morgan fingerprint density at radius 2 is 2.16 bits per heavy atom. The number of rotatable bonds is 5. The van der Waals surface area contributed by atoms with Crippen LogP contribution in [0.15, 0.2) is 23.1 Å². The van der Waals surface area contributed by atoms with Gasteiger partial charge in [-0.2, -0.15) is 9.57 Å². The van der Waals surface area contributed by atoms with Crippen LogP contribution in [0.1, 0.15) is 19.3 Å². The van der Waals surface area contributed by atoms with Crippen LogP contribution in [0.3, 0.4) is 0 Å². The first kappa shape index (κ1) is 14.1. The van der Waals surface area contributed by atoms with Gasteiger partial charge >= 0.3 is 0 Å². The lowest BCUT2D eigenvalue weighted by Crippen LogP contribution is -2.34. The van der Waals surface area contributed by atoms with E-state index in [0.717, 1.165) is 12.8 Å². The molecule has 0 heterocycles. The number of nitrogens with two attached hydrogens (primary N) is 1. The van der Waals surface area contributed by atoms with Crippen molar-refractivity contribution < 1.29 is 8.42 Å². The lowest BCUT2D eigenvalue weighted by atomic mass is 10.3. The Morgan fingerprint density at radius 1 is 1.47 bits per heavy atom. The molecule has 0 radical (unpaired) electrons. The summed E-state index contributed by atoms with van der Waals surface area (Å²) in [5.41, 5.74) is 5.88. The van der Waals surface area contributed by atoms with E-state index in [1.807, 2.05) is 6.07 Å². The maximum atomic E-state index is 12.5. The van der Waals surface area contributed by atoms with Crippen molar-refractivity contribution >= 4 is 27.3 Å². The molecule has 0 atom stereocenters. The lowest BCUT2D eigenvalue weighted by Gasteiger charge is -2.21. The molecule has 0 amide bonds. The van der Waals surface area contributed by atoms with Crippen LogP contribution in [-0.4, -0.2) is 25.3 Å². The van der Waals surface area contributed by atoms with Crippen molar-refractivity contribution in [3.63, 3.8) is 0 Å². The Bertz CT molecular complexity index is 620. The van der Waals surface area contributed by atoms with E-state index in [1.165, 1.54) is 22.5 Å². The van der Waals surface area contributed by atoms with Gasteiger partial charge in [0.25, 0.3) is 0 Å². The summed E-state index contributed by atoms with van der Waals surface area (Å²) in [4.78, 5) is 0.124. The van der Waals surface area contributed by atoms with E-state index in [2.05, 4.69) is 0 Å². The molecule has 2 rings (SSSR count). The molecule has 19 heavy (non-hydrogen) atoms. The second kappa shape index (κ2) is 5.37. The third-order valence-corrected chi connectivity index (χ3v) is 5.26. The fourth-order valence-electron chi connectivity index (χ4n) is 1.84. The number of hydrogen-bond donors (Lipinski definition) is 1. The zero-order valence-electron chi connectivity index (χ0n) is 10.2. The van der Waals surface area contributed by atoms with Gasteiger partial charge in [-0.1, -0.05) is 11.6 Å². The van der Waals surface area contributed by atoms with Gasteiger partial charge in [-0.3, -0.25) is 0 Å². The highest BCUT2D eigenvalue weighted by molar-refractivity contribution is 7.89. The van der Waals surface area contributed by atoms with Crippen molar-refractivity contribution in [1.82, 2.24) is 4.31 Å². The van der Waals surface area contributed by atoms with Gasteiger partial charge in [0.05, 0.1) is 21.7 Å². The maximum absolute atomic E-state index is 12.5. The van der Waals surface area contributed by atoms with Crippen molar-refractivity contribution in [2.45, 2.75) is 30.2 Å². The smallest absolute Gasteiger partial charge is 0.243 e. The molecule has 1 aromatic carbocycles. The summed E-state index contributed by atoms with van der Waals surface area (Å²) in [6, 6.07) is 6.25. The minimum Gasteiger partial charge on any atom is -0.397 e. The van der Waals surface area contributed by atoms with Crippen molar-refractivity contribution in [3.05, 3.63) is 23.2 Å². The average Bonchev–Trinajstić information content (AvgIpc) is 3.17. The number of anilines is 1. The minimum absolute atomic E-state index is 0.00949. The fraction of sp³-hybridized carbons (Fsp3) is 0.417. The molecule has 0 unspecified atom stereocenters. The molecular formula is C12H14ClN3O2S. The molecule has 0 spiro atoms. The summed E-state index contributed by atoms with van der Waals surface area (Å²) in [5, 5.41) is 8.95. The van der Waals surface area contributed by atoms with Gasteiger partial charge in [0, 0.05) is 19.0 Å². The Morgan fingerprint density at radius 3 is 2.68 bits per heavy atom. The van der Waals surface area contributed by atoms with E-state index >= 15 is 0 Å². The van der Waals surface area contributed by atoms with E-state index in [1.54, 1.807) is 0 Å². The summed E-state index contributed by atoms with van der Waals surface area (Å²) in [5.74, 6) is 0. The van der Waals surface area contributed by atoms with Gasteiger partial charge in [0.1, 0.15) is 0 Å². The number of nitrogen functional groups attached to an aromatic ring is 1. The predicted octanol–water partition coefficient (Wildman–Crippen LogP) is 1.99. The lowest BCUT2D eigenvalue weighted by molar-refractivity contribution is 0.411. The second-order valence-corrected chi connectivity index (χ2v) is 6.74. The van der Waals surface area contributed by atoms with Gasteiger partial charge < -0.3 is 5.73 Å². The van der Waals surface area contributed by atoms with Gasteiger partial charge in [-0.05, 0) is 31.0 Å². The van der Waals surface area contributed by atoms with Gasteiger partial charge in [-0.15, -0.1) is 0 Å². The highest BCUT2D eigenvalue weighted by atomic mass is 35.5. The van der Waals surface area contributed by atoms with Crippen molar-refractivity contribution in [2.24, 2.45) is 0 Å². The van der Waals surface area contributed by atoms with Gasteiger partial charge in [0.2, 0.25) is 10.0 Å². The van der Waals surface area contributed by atoms with E-state index in [9.17, 15) is 8.42 Å². The van der Waals surface area contributed by atoms with Crippen LogP contribution in [-0.2, 0) is 10.0 Å². The molecule has 2 N–H and O–H groups in total. The Labute approximate surface area is 117 Å². The Kier molecular flexibility index (Phi) is 3.99. The largest absolute Gasteiger partial charge is 0.397 e. The first-order valence-electron chi connectivity index (χ1n) is 5.90. The average molecular weight is 300 g/mol. The van der Waals surface area contributed by atoms with Crippen LogP contribution < -0.4 is 5.73 Å². The third kappa shape index (κ3) is 3.00. The normalized spacial score (nSPS) is 15.4. The molecule has 1 aliphatic carbocycles. The summed E-state index contributed by atoms with van der Waals surface area (Å²) >= 11 is 5.79. The molecule has 5 nitrogen and oxygen atoms in total. The van der Waals surface area contributed by atoms with E-state index in [-0.39, 0.29) is 29.6 Å². The summed E-state index contributed by atoms with van der Waals surface area (Å²) in [6.07, 6.45) is 1.86. The Hall–Kier alpha value is -1.29. The zero-order valence-corrected chi connectivity index (χ0v) is 11.8. The molecule has 1 saturated carbocycles. The summed E-state index contributed by atoms with van der Waals surface area (Å²) in [6.45, 7) is 0.214. The number of nitriles is 1. The number of benzene rings is 1. The second-order valence-electron chi connectivity index (χ2n) is 4.44. The zero-order chi connectivity index (χ0) is 14.0. The molecule has 1 aromatic rings. The predicted molar refractivity (Wildman–Crippen MR) is 73.0 cm³/mol. The van der Waals surface area contributed by atoms with Crippen LogP contribution >= 0.6 is 11.6 Å². The van der Waals surface area contributed by atoms with E-state index in [0.29, 0.717) is 5.02 Å². The molecule has 1 fully saturated rings. The monoisotopic (exact) mass is 299 g/mol. The first-order valence-corrected chi connectivity index (χ1v) is 7.72. The quantitative estimate of drug-likeness (QED) is 0.842.